The second-order valence-electron chi connectivity index (χ2n) is 9.28. The van der Waals surface area contributed by atoms with Crippen LogP contribution < -0.4 is 13.0 Å². The fourth-order valence-corrected chi connectivity index (χ4v) is 9.43. The van der Waals surface area contributed by atoms with Gasteiger partial charge in [0.1, 0.15) is 0 Å². The van der Waals surface area contributed by atoms with E-state index < -0.39 is 16.5 Å². The summed E-state index contributed by atoms with van der Waals surface area (Å²) in [7, 11) is 0. The predicted octanol–water partition coefficient (Wildman–Crippen LogP) is 4.88. The van der Waals surface area contributed by atoms with Crippen molar-refractivity contribution in [3.63, 3.8) is 0 Å². The molecule has 0 amide bonds. The van der Waals surface area contributed by atoms with Gasteiger partial charge in [-0.1, -0.05) is 0 Å². The van der Waals surface area contributed by atoms with Crippen LogP contribution >= 0.6 is 0 Å². The summed E-state index contributed by atoms with van der Waals surface area (Å²) in [5, 5.41) is 0. The molecule has 0 fully saturated rings. The number of aromatic nitrogens is 6. The Balaban J connectivity index is 1.58. The Labute approximate surface area is 239 Å². The third-order valence-electron chi connectivity index (χ3n) is 6.11. The molecule has 0 saturated heterocycles. The average Bonchev–Trinajstić information content (AvgIpc) is 2.98. The molecule has 0 spiro atoms. The van der Waals surface area contributed by atoms with Crippen LogP contribution in [0.4, 0.5) is 0 Å². The first-order chi connectivity index (χ1) is 19.5. The molecule has 198 valence electrons. The maximum absolute atomic E-state index is 5.12. The van der Waals surface area contributed by atoms with Crippen LogP contribution in [0, 0.1) is 20.8 Å². The molecule has 0 unspecified atom stereocenters. The Morgan fingerprint density at radius 3 is 0.925 bits per heavy atom. The van der Waals surface area contributed by atoms with E-state index in [4.69, 9.17) is 29.9 Å². The van der Waals surface area contributed by atoms with Gasteiger partial charge in [0.05, 0.1) is 0 Å². The van der Waals surface area contributed by atoms with E-state index in [1.54, 1.807) is 0 Å². The van der Waals surface area contributed by atoms with Crippen molar-refractivity contribution >= 4 is 13.0 Å². The molecule has 0 bridgehead atoms. The van der Waals surface area contributed by atoms with E-state index in [9.17, 15) is 0 Å². The second kappa shape index (κ2) is 11.3. The molecule has 7 heteroatoms. The quantitative estimate of drug-likeness (QED) is 0.247. The van der Waals surface area contributed by atoms with Gasteiger partial charge in [0, 0.05) is 0 Å². The Morgan fingerprint density at radius 2 is 0.650 bits per heavy atom. The van der Waals surface area contributed by atoms with Gasteiger partial charge in [-0.15, -0.1) is 0 Å². The topological polar surface area (TPSA) is 77.3 Å². The van der Waals surface area contributed by atoms with E-state index in [2.05, 4.69) is 36.4 Å². The van der Waals surface area contributed by atoms with Crippen LogP contribution in [-0.2, 0) is 16.5 Å². The summed E-state index contributed by atoms with van der Waals surface area (Å²) in [5.41, 5.74) is 8.41. The average molecular weight is 700 g/mol. The summed E-state index contributed by atoms with van der Waals surface area (Å²) >= 11 is -2.90. The van der Waals surface area contributed by atoms with Crippen LogP contribution in [0.1, 0.15) is 17.1 Å². The van der Waals surface area contributed by atoms with Gasteiger partial charge in [-0.2, -0.15) is 0 Å². The molecule has 6 nitrogen and oxygen atoms in total. The first-order valence-electron chi connectivity index (χ1n) is 12.9. The predicted molar refractivity (Wildman–Crippen MR) is 156 cm³/mol. The van der Waals surface area contributed by atoms with E-state index >= 15 is 0 Å². The zero-order valence-electron chi connectivity index (χ0n) is 22.4. The number of rotatable bonds is 6. The van der Waals surface area contributed by atoms with Crippen LogP contribution in [0.15, 0.2) is 109 Å². The van der Waals surface area contributed by atoms with Crippen LogP contribution in [0.3, 0.4) is 0 Å². The van der Waals surface area contributed by atoms with Gasteiger partial charge in [0.2, 0.25) is 0 Å². The van der Waals surface area contributed by atoms with Gasteiger partial charge in [0.15, 0.2) is 0 Å². The summed E-state index contributed by atoms with van der Waals surface area (Å²) in [5.74, 6) is 0. The SMILES string of the molecule is Cc1cc(-c2ccccc2)n[c]([Ir]([c]2nc(C)cc(-c3ccccc3)n2)[c]2nc(C)cc(-c3ccccc3)n2)n1. The van der Waals surface area contributed by atoms with E-state index in [1.165, 1.54) is 0 Å². The zero-order chi connectivity index (χ0) is 27.5. The fourth-order valence-electron chi connectivity index (χ4n) is 4.25. The summed E-state index contributed by atoms with van der Waals surface area (Å²) in [6, 6.07) is 36.6. The minimum absolute atomic E-state index is 0.730. The van der Waals surface area contributed by atoms with Gasteiger partial charge in [-0.25, -0.2) is 0 Å². The molecular formula is C33H27IrN6. The van der Waals surface area contributed by atoms with Crippen LogP contribution in [-0.4, -0.2) is 29.9 Å². The summed E-state index contributed by atoms with van der Waals surface area (Å²) in [4.78, 5) is 30.3. The first-order valence-corrected chi connectivity index (χ1v) is 16.5. The molecule has 3 heterocycles. The molecule has 40 heavy (non-hydrogen) atoms. The number of hydrogen-bond donors (Lipinski definition) is 0. The molecule has 0 N–H and O–H groups in total. The van der Waals surface area contributed by atoms with Gasteiger partial charge < -0.3 is 0 Å². The Morgan fingerprint density at radius 1 is 0.375 bits per heavy atom. The van der Waals surface area contributed by atoms with Crippen molar-refractivity contribution in [1.29, 1.82) is 0 Å². The summed E-state index contributed by atoms with van der Waals surface area (Å²) in [6.45, 7) is 6.02. The van der Waals surface area contributed by atoms with E-state index in [-0.39, 0.29) is 0 Å². The molecule has 3 aromatic carbocycles. The van der Waals surface area contributed by atoms with Crippen molar-refractivity contribution in [1.82, 2.24) is 29.9 Å². The monoisotopic (exact) mass is 700 g/mol. The van der Waals surface area contributed by atoms with Gasteiger partial charge in [-0.3, -0.25) is 0 Å². The first kappa shape index (κ1) is 25.8. The molecule has 0 aliphatic carbocycles. The number of hydrogen-bond acceptors (Lipinski definition) is 6. The van der Waals surface area contributed by atoms with Crippen molar-refractivity contribution in [2.75, 3.05) is 0 Å². The van der Waals surface area contributed by atoms with Gasteiger partial charge in [-0.05, 0) is 0 Å². The zero-order valence-corrected chi connectivity index (χ0v) is 24.8. The summed E-state index contributed by atoms with van der Waals surface area (Å²) < 4.78 is 2.19. The molecule has 6 rings (SSSR count). The van der Waals surface area contributed by atoms with Crippen LogP contribution in [0.2, 0.25) is 0 Å². The van der Waals surface area contributed by atoms with Crippen LogP contribution in [0.5, 0.6) is 0 Å². The molecule has 0 aliphatic rings. The number of nitrogens with zero attached hydrogens (tertiary/aromatic N) is 6. The summed E-state index contributed by atoms with van der Waals surface area (Å²) in [6.07, 6.45) is 0. The Bertz CT molecular complexity index is 1570. The van der Waals surface area contributed by atoms with Crippen molar-refractivity contribution in [2.24, 2.45) is 0 Å². The minimum atomic E-state index is -2.90. The van der Waals surface area contributed by atoms with Gasteiger partial charge >= 0.3 is 240 Å². The van der Waals surface area contributed by atoms with E-state index in [0.29, 0.717) is 0 Å². The van der Waals surface area contributed by atoms with E-state index in [0.717, 1.165) is 63.9 Å². The van der Waals surface area contributed by atoms with Crippen LogP contribution in [0.25, 0.3) is 33.8 Å². The van der Waals surface area contributed by atoms with Crippen molar-refractivity contribution < 1.29 is 16.5 Å². The molecular weight excluding hydrogens is 673 g/mol. The van der Waals surface area contributed by atoms with Crippen molar-refractivity contribution in [2.45, 2.75) is 20.8 Å². The molecule has 0 aliphatic heterocycles. The number of benzene rings is 3. The Hall–Kier alpha value is -4.45. The van der Waals surface area contributed by atoms with Crippen molar-refractivity contribution in [3.05, 3.63) is 126 Å². The number of aryl methyl sites for hydroxylation is 3. The van der Waals surface area contributed by atoms with E-state index in [1.807, 2.05) is 93.6 Å². The second-order valence-corrected chi connectivity index (χ2v) is 14.3. The molecule has 0 saturated carbocycles. The van der Waals surface area contributed by atoms with Crippen molar-refractivity contribution in [3.8, 4) is 33.8 Å². The molecule has 6 aromatic rings. The third-order valence-corrected chi connectivity index (χ3v) is 10.9. The maximum atomic E-state index is 5.12. The molecule has 0 atom stereocenters. The standard InChI is InChI=1S/3C11H9N2.Ir/c3*1-9-7-11(13-8-12-9)10-5-3-2-4-6-10;/h3*2-7H,1H3;. The molecule has 3 aromatic heterocycles. The normalized spacial score (nSPS) is 11.3. The third kappa shape index (κ3) is 5.62. The van der Waals surface area contributed by atoms with Gasteiger partial charge in [0.25, 0.3) is 0 Å². The fraction of sp³-hybridized carbons (Fsp3) is 0.0909. The Kier molecular flexibility index (Phi) is 7.32. The molecule has 0 radical (unpaired) electrons.